The van der Waals surface area contributed by atoms with Gasteiger partial charge in [-0.25, -0.2) is 9.97 Å². The second-order valence-electron chi connectivity index (χ2n) is 6.08. The Hall–Kier alpha value is -2.73. The van der Waals surface area contributed by atoms with Crippen LogP contribution in [-0.2, 0) is 12.8 Å². The van der Waals surface area contributed by atoms with Crippen molar-refractivity contribution in [2.75, 3.05) is 21.3 Å². The highest BCUT2D eigenvalue weighted by Gasteiger charge is 2.19. The van der Waals surface area contributed by atoms with Crippen molar-refractivity contribution in [2.24, 2.45) is 0 Å². The summed E-state index contributed by atoms with van der Waals surface area (Å²) in [4.78, 5) is 10.4. The van der Waals surface area contributed by atoms with Crippen LogP contribution < -0.4 is 14.2 Å². The molecule has 0 spiro atoms. The number of thiocarbonyl (C=S) groups is 1. The fourth-order valence-corrected chi connectivity index (χ4v) is 3.33. The van der Waals surface area contributed by atoms with Gasteiger partial charge in [-0.15, -0.1) is 6.58 Å². The Morgan fingerprint density at radius 1 is 1.07 bits per heavy atom. The lowest BCUT2D eigenvalue weighted by atomic mass is 10.0. The normalized spacial score (nSPS) is 12.5. The summed E-state index contributed by atoms with van der Waals surface area (Å²) in [5.41, 5.74) is 4.38. The highest BCUT2D eigenvalue weighted by atomic mass is 32.1. The van der Waals surface area contributed by atoms with Gasteiger partial charge in [0.05, 0.1) is 38.4 Å². The van der Waals surface area contributed by atoms with E-state index in [0.29, 0.717) is 30.1 Å². The molecule has 0 radical (unpaired) electrons. The van der Waals surface area contributed by atoms with Gasteiger partial charge in [0.1, 0.15) is 5.69 Å². The zero-order chi connectivity index (χ0) is 19.4. The standard InChI is InChI=1S/C21H22N2O3S/c1-5-7-14-16(23-20-15(22-14)8-6-9-19(20)27)10-13-11-17(24-2)21(26-4)18(12-13)25-3/h5-6,8,11-12H,1,7,9-10H2,2-4H3. The van der Waals surface area contributed by atoms with Crippen LogP contribution in [0.2, 0.25) is 0 Å². The predicted molar refractivity (Wildman–Crippen MR) is 110 cm³/mol. The second kappa shape index (κ2) is 8.31. The molecule has 1 heterocycles. The van der Waals surface area contributed by atoms with Crippen molar-refractivity contribution in [3.05, 3.63) is 59.2 Å². The fourth-order valence-electron chi connectivity index (χ4n) is 3.09. The van der Waals surface area contributed by atoms with Crippen molar-refractivity contribution in [1.29, 1.82) is 0 Å². The molecule has 6 heteroatoms. The third kappa shape index (κ3) is 3.85. The molecule has 0 saturated heterocycles. The monoisotopic (exact) mass is 382 g/mol. The molecule has 0 bridgehead atoms. The molecule has 1 aromatic carbocycles. The Kier molecular flexibility index (Phi) is 5.86. The molecule has 3 rings (SSSR count). The number of allylic oxidation sites excluding steroid dienone is 2. The van der Waals surface area contributed by atoms with E-state index in [0.717, 1.165) is 39.6 Å². The van der Waals surface area contributed by atoms with Crippen LogP contribution in [0.5, 0.6) is 17.2 Å². The summed E-state index contributed by atoms with van der Waals surface area (Å²) in [6.45, 7) is 3.84. The van der Waals surface area contributed by atoms with Gasteiger partial charge in [-0.1, -0.05) is 24.4 Å². The van der Waals surface area contributed by atoms with Crippen molar-refractivity contribution in [3.63, 3.8) is 0 Å². The largest absolute Gasteiger partial charge is 0.493 e. The fraction of sp³-hybridized carbons (Fsp3) is 0.286. The highest BCUT2D eigenvalue weighted by Crippen LogP contribution is 2.38. The first kappa shape index (κ1) is 19.0. The molecule has 1 aliphatic carbocycles. The summed E-state index contributed by atoms with van der Waals surface area (Å²) in [7, 11) is 4.80. The van der Waals surface area contributed by atoms with E-state index in [1.165, 1.54) is 0 Å². The van der Waals surface area contributed by atoms with Gasteiger partial charge in [-0.3, -0.25) is 0 Å². The van der Waals surface area contributed by atoms with Crippen molar-refractivity contribution < 1.29 is 14.2 Å². The molecule has 0 unspecified atom stereocenters. The van der Waals surface area contributed by atoms with Crippen molar-refractivity contribution in [2.45, 2.75) is 19.3 Å². The molecule has 0 fully saturated rings. The van der Waals surface area contributed by atoms with Crippen molar-refractivity contribution in [3.8, 4) is 17.2 Å². The molecule has 2 aromatic rings. The van der Waals surface area contributed by atoms with Crippen LogP contribution in [0.4, 0.5) is 0 Å². The van der Waals surface area contributed by atoms with Gasteiger partial charge in [-0.05, 0) is 23.8 Å². The van der Waals surface area contributed by atoms with Crippen LogP contribution >= 0.6 is 12.2 Å². The number of fused-ring (bicyclic) bond motifs is 1. The Morgan fingerprint density at radius 3 is 2.37 bits per heavy atom. The molecular weight excluding hydrogens is 360 g/mol. The molecular formula is C21H22N2O3S. The van der Waals surface area contributed by atoms with Gasteiger partial charge in [0, 0.05) is 24.1 Å². The molecule has 5 nitrogen and oxygen atoms in total. The van der Waals surface area contributed by atoms with E-state index in [9.17, 15) is 0 Å². The lowest BCUT2D eigenvalue weighted by molar-refractivity contribution is 0.324. The van der Waals surface area contributed by atoms with E-state index in [1.807, 2.05) is 30.4 Å². The summed E-state index contributed by atoms with van der Waals surface area (Å²) < 4.78 is 16.3. The molecule has 1 aliphatic rings. The summed E-state index contributed by atoms with van der Waals surface area (Å²) in [6, 6.07) is 3.86. The minimum absolute atomic E-state index is 0.568. The van der Waals surface area contributed by atoms with Gasteiger partial charge in [0.2, 0.25) is 5.75 Å². The van der Waals surface area contributed by atoms with Crippen LogP contribution in [0, 0.1) is 0 Å². The molecule has 1 aromatic heterocycles. The molecule has 0 amide bonds. The van der Waals surface area contributed by atoms with E-state index in [2.05, 4.69) is 6.58 Å². The van der Waals surface area contributed by atoms with Crippen LogP contribution in [0.25, 0.3) is 6.08 Å². The number of aromatic nitrogens is 2. The summed E-state index contributed by atoms with van der Waals surface area (Å²) in [5.74, 6) is 1.79. The second-order valence-corrected chi connectivity index (χ2v) is 6.58. The molecule has 0 aliphatic heterocycles. The Balaban J connectivity index is 2.07. The first-order chi connectivity index (χ1) is 13.1. The highest BCUT2D eigenvalue weighted by molar-refractivity contribution is 7.80. The minimum atomic E-state index is 0.568. The van der Waals surface area contributed by atoms with Gasteiger partial charge < -0.3 is 14.2 Å². The molecule has 0 saturated carbocycles. The van der Waals surface area contributed by atoms with Crippen LogP contribution in [0.15, 0.2) is 30.9 Å². The quantitative estimate of drug-likeness (QED) is 0.534. The zero-order valence-corrected chi connectivity index (χ0v) is 16.6. The average molecular weight is 382 g/mol. The van der Waals surface area contributed by atoms with Gasteiger partial charge in [0.15, 0.2) is 11.5 Å². The summed E-state index contributed by atoms with van der Waals surface area (Å²) in [6.07, 6.45) is 7.78. The third-order valence-corrected chi connectivity index (χ3v) is 4.71. The van der Waals surface area contributed by atoms with Gasteiger partial charge in [0.25, 0.3) is 0 Å². The minimum Gasteiger partial charge on any atom is -0.493 e. The third-order valence-electron chi connectivity index (χ3n) is 4.35. The molecule has 27 heavy (non-hydrogen) atoms. The van der Waals surface area contributed by atoms with Crippen LogP contribution in [-0.4, -0.2) is 36.2 Å². The Morgan fingerprint density at radius 2 is 1.78 bits per heavy atom. The summed E-state index contributed by atoms with van der Waals surface area (Å²) >= 11 is 5.47. The molecule has 140 valence electrons. The van der Waals surface area contributed by atoms with E-state index < -0.39 is 0 Å². The number of rotatable bonds is 7. The number of hydrogen-bond acceptors (Lipinski definition) is 6. The average Bonchev–Trinajstić information content (AvgIpc) is 2.68. The van der Waals surface area contributed by atoms with Gasteiger partial charge >= 0.3 is 0 Å². The number of hydrogen-bond donors (Lipinski definition) is 0. The SMILES string of the molecule is C=CCc1nc2c(nc1Cc1cc(OC)c(OC)c(OC)c1)C(=S)CC=C2. The van der Waals surface area contributed by atoms with Crippen molar-refractivity contribution in [1.82, 2.24) is 9.97 Å². The van der Waals surface area contributed by atoms with Crippen molar-refractivity contribution >= 4 is 23.2 Å². The first-order valence-electron chi connectivity index (χ1n) is 8.60. The first-order valence-corrected chi connectivity index (χ1v) is 9.01. The lowest BCUT2D eigenvalue weighted by Crippen LogP contribution is -2.14. The van der Waals surface area contributed by atoms with E-state index in [-0.39, 0.29) is 0 Å². The maximum atomic E-state index is 5.47. The number of methoxy groups -OCH3 is 3. The molecule has 0 atom stereocenters. The number of ether oxygens (including phenoxy) is 3. The smallest absolute Gasteiger partial charge is 0.203 e. The van der Waals surface area contributed by atoms with Crippen LogP contribution in [0.1, 0.15) is 34.8 Å². The maximum absolute atomic E-state index is 5.47. The Labute approximate surface area is 164 Å². The number of nitrogens with zero attached hydrogens (tertiary/aromatic N) is 2. The number of benzene rings is 1. The molecule has 0 N–H and O–H groups in total. The maximum Gasteiger partial charge on any atom is 0.203 e. The lowest BCUT2D eigenvalue weighted by Gasteiger charge is -2.17. The van der Waals surface area contributed by atoms with E-state index in [1.54, 1.807) is 21.3 Å². The topological polar surface area (TPSA) is 53.5 Å². The van der Waals surface area contributed by atoms with E-state index >= 15 is 0 Å². The predicted octanol–water partition coefficient (Wildman–Crippen LogP) is 3.96. The summed E-state index contributed by atoms with van der Waals surface area (Å²) in [5, 5.41) is 0. The van der Waals surface area contributed by atoms with Gasteiger partial charge in [-0.2, -0.15) is 0 Å². The van der Waals surface area contributed by atoms with Crippen LogP contribution in [0.3, 0.4) is 0 Å². The Bertz CT molecular complexity index is 897. The zero-order valence-electron chi connectivity index (χ0n) is 15.7. The van der Waals surface area contributed by atoms with E-state index in [4.69, 9.17) is 36.4 Å².